The number of nitrogens with zero attached hydrogens (tertiary/aromatic N) is 1. The van der Waals surface area contributed by atoms with Crippen LogP contribution in [0.15, 0.2) is 0 Å². The lowest BCUT2D eigenvalue weighted by Crippen LogP contribution is -2.36. The van der Waals surface area contributed by atoms with Crippen LogP contribution in [-0.2, 0) is 4.74 Å². The van der Waals surface area contributed by atoms with Gasteiger partial charge in [-0.3, -0.25) is 0 Å². The molecule has 0 spiro atoms. The third-order valence-electron chi connectivity index (χ3n) is 2.92. The van der Waals surface area contributed by atoms with E-state index in [0.717, 1.165) is 31.9 Å². The van der Waals surface area contributed by atoms with Crippen molar-refractivity contribution in [2.24, 2.45) is 11.7 Å². The third kappa shape index (κ3) is 4.40. The van der Waals surface area contributed by atoms with Gasteiger partial charge in [0.2, 0.25) is 0 Å². The molecule has 1 aliphatic heterocycles. The Morgan fingerprint density at radius 3 is 2.93 bits per heavy atom. The van der Waals surface area contributed by atoms with Crippen molar-refractivity contribution in [3.63, 3.8) is 0 Å². The van der Waals surface area contributed by atoms with Crippen LogP contribution in [0.4, 0.5) is 0 Å². The van der Waals surface area contributed by atoms with Crippen molar-refractivity contribution in [1.82, 2.24) is 4.90 Å². The Labute approximate surface area is 87.6 Å². The molecule has 1 rings (SSSR count). The zero-order chi connectivity index (χ0) is 10.4. The minimum absolute atomic E-state index is 0.329. The second kappa shape index (κ2) is 6.38. The normalized spacial score (nSPS) is 25.5. The second-order valence-corrected chi connectivity index (χ2v) is 4.55. The number of nitrogens with two attached hydrogens (primary N) is 1. The Hall–Kier alpha value is -0.120. The van der Waals surface area contributed by atoms with E-state index in [4.69, 9.17) is 10.5 Å². The monoisotopic (exact) mass is 200 g/mol. The predicted molar refractivity (Wildman–Crippen MR) is 59.3 cm³/mol. The molecule has 0 aliphatic carbocycles. The molecule has 2 N–H and O–H groups in total. The highest BCUT2D eigenvalue weighted by atomic mass is 16.5. The van der Waals surface area contributed by atoms with E-state index in [1.807, 2.05) is 0 Å². The number of methoxy groups -OCH3 is 1. The molecule has 0 saturated carbocycles. The van der Waals surface area contributed by atoms with Crippen LogP contribution < -0.4 is 5.73 Å². The quantitative estimate of drug-likeness (QED) is 0.652. The van der Waals surface area contributed by atoms with Crippen LogP contribution in [0.1, 0.15) is 26.2 Å². The summed E-state index contributed by atoms with van der Waals surface area (Å²) in [5, 5.41) is 0. The lowest BCUT2D eigenvalue weighted by molar-refractivity contribution is 0.187. The molecule has 1 fully saturated rings. The molecule has 1 saturated heterocycles. The van der Waals surface area contributed by atoms with Crippen LogP contribution in [0.2, 0.25) is 0 Å². The minimum atomic E-state index is 0.329. The van der Waals surface area contributed by atoms with Crippen LogP contribution >= 0.6 is 0 Å². The van der Waals surface area contributed by atoms with Crippen LogP contribution in [0.3, 0.4) is 0 Å². The SMILES string of the molecule is COCCCC(N)CN1CCC(C)C1. The molecule has 3 nitrogen and oxygen atoms in total. The highest BCUT2D eigenvalue weighted by Crippen LogP contribution is 2.15. The molecular weight excluding hydrogens is 176 g/mol. The van der Waals surface area contributed by atoms with E-state index < -0.39 is 0 Å². The molecule has 2 atom stereocenters. The molecule has 1 heterocycles. The van der Waals surface area contributed by atoms with Gasteiger partial charge in [0.05, 0.1) is 0 Å². The van der Waals surface area contributed by atoms with Crippen molar-refractivity contribution in [1.29, 1.82) is 0 Å². The van der Waals surface area contributed by atoms with Gasteiger partial charge in [-0.25, -0.2) is 0 Å². The van der Waals surface area contributed by atoms with Crippen molar-refractivity contribution < 1.29 is 4.74 Å². The van der Waals surface area contributed by atoms with Gasteiger partial charge in [-0.1, -0.05) is 6.92 Å². The number of likely N-dealkylation sites (tertiary alicyclic amines) is 1. The largest absolute Gasteiger partial charge is 0.385 e. The summed E-state index contributed by atoms with van der Waals surface area (Å²) in [6, 6.07) is 0.329. The van der Waals surface area contributed by atoms with Crippen molar-refractivity contribution in [3.8, 4) is 0 Å². The fourth-order valence-corrected chi connectivity index (χ4v) is 2.10. The molecule has 2 unspecified atom stereocenters. The van der Waals surface area contributed by atoms with E-state index in [0.29, 0.717) is 6.04 Å². The summed E-state index contributed by atoms with van der Waals surface area (Å²) in [6.45, 7) is 6.69. The minimum Gasteiger partial charge on any atom is -0.385 e. The first-order chi connectivity index (χ1) is 6.72. The topological polar surface area (TPSA) is 38.5 Å². The van der Waals surface area contributed by atoms with E-state index in [1.54, 1.807) is 7.11 Å². The summed E-state index contributed by atoms with van der Waals surface area (Å²) in [6.07, 6.45) is 3.50. The zero-order valence-corrected chi connectivity index (χ0v) is 9.54. The highest BCUT2D eigenvalue weighted by Gasteiger charge is 2.19. The maximum absolute atomic E-state index is 6.04. The van der Waals surface area contributed by atoms with E-state index in [1.165, 1.54) is 19.5 Å². The Morgan fingerprint density at radius 2 is 2.36 bits per heavy atom. The van der Waals surface area contributed by atoms with Crippen LogP contribution in [0.25, 0.3) is 0 Å². The number of hydrogen-bond donors (Lipinski definition) is 1. The van der Waals surface area contributed by atoms with Gasteiger partial charge >= 0.3 is 0 Å². The van der Waals surface area contributed by atoms with Crippen molar-refractivity contribution >= 4 is 0 Å². The number of ether oxygens (including phenoxy) is 1. The summed E-state index contributed by atoms with van der Waals surface area (Å²) in [5.41, 5.74) is 6.04. The first-order valence-corrected chi connectivity index (χ1v) is 5.69. The maximum atomic E-state index is 6.04. The van der Waals surface area contributed by atoms with Gasteiger partial charge < -0.3 is 15.4 Å². The molecule has 0 aromatic carbocycles. The molecule has 0 amide bonds. The third-order valence-corrected chi connectivity index (χ3v) is 2.92. The Kier molecular flexibility index (Phi) is 5.45. The predicted octanol–water partition coefficient (Wildman–Crippen LogP) is 1.08. The molecule has 84 valence electrons. The average molecular weight is 200 g/mol. The highest BCUT2D eigenvalue weighted by molar-refractivity contribution is 4.76. The lowest BCUT2D eigenvalue weighted by Gasteiger charge is -2.20. The zero-order valence-electron chi connectivity index (χ0n) is 9.54. The standard InChI is InChI=1S/C11H24N2O/c1-10-5-6-13(8-10)9-11(12)4-3-7-14-2/h10-11H,3-9,12H2,1-2H3. The fourth-order valence-electron chi connectivity index (χ4n) is 2.10. The molecular formula is C11H24N2O. The summed E-state index contributed by atoms with van der Waals surface area (Å²) in [7, 11) is 1.74. The average Bonchev–Trinajstić information content (AvgIpc) is 2.52. The molecule has 14 heavy (non-hydrogen) atoms. The number of rotatable bonds is 6. The van der Waals surface area contributed by atoms with Crippen LogP contribution in [0.5, 0.6) is 0 Å². The molecule has 3 heteroatoms. The molecule has 0 bridgehead atoms. The summed E-state index contributed by atoms with van der Waals surface area (Å²) >= 11 is 0. The van der Waals surface area contributed by atoms with Crippen LogP contribution in [0, 0.1) is 5.92 Å². The van der Waals surface area contributed by atoms with Gasteiger partial charge in [0.15, 0.2) is 0 Å². The van der Waals surface area contributed by atoms with E-state index in [-0.39, 0.29) is 0 Å². The van der Waals surface area contributed by atoms with Crippen molar-refractivity contribution in [3.05, 3.63) is 0 Å². The Morgan fingerprint density at radius 1 is 1.57 bits per heavy atom. The first kappa shape index (κ1) is 12.0. The van der Waals surface area contributed by atoms with E-state index >= 15 is 0 Å². The molecule has 0 aromatic heterocycles. The van der Waals surface area contributed by atoms with E-state index in [2.05, 4.69) is 11.8 Å². The fraction of sp³-hybridized carbons (Fsp3) is 1.00. The molecule has 0 aromatic rings. The summed E-state index contributed by atoms with van der Waals surface area (Å²) < 4.78 is 5.01. The van der Waals surface area contributed by atoms with Crippen LogP contribution in [-0.4, -0.2) is 44.3 Å². The van der Waals surface area contributed by atoms with Gasteiger partial charge in [0, 0.05) is 32.8 Å². The Bertz CT molecular complexity index is 152. The Balaban J connectivity index is 2.05. The molecule has 1 aliphatic rings. The molecule has 0 radical (unpaired) electrons. The lowest BCUT2D eigenvalue weighted by atomic mass is 10.1. The van der Waals surface area contributed by atoms with Crippen molar-refractivity contribution in [2.45, 2.75) is 32.2 Å². The maximum Gasteiger partial charge on any atom is 0.0462 e. The second-order valence-electron chi connectivity index (χ2n) is 4.55. The van der Waals surface area contributed by atoms with Gasteiger partial charge in [-0.15, -0.1) is 0 Å². The summed E-state index contributed by atoms with van der Waals surface area (Å²) in [4.78, 5) is 2.49. The number of hydrogen-bond acceptors (Lipinski definition) is 3. The summed E-state index contributed by atoms with van der Waals surface area (Å²) in [5.74, 6) is 0.862. The van der Waals surface area contributed by atoms with Gasteiger partial charge in [-0.2, -0.15) is 0 Å². The van der Waals surface area contributed by atoms with Gasteiger partial charge in [0.1, 0.15) is 0 Å². The van der Waals surface area contributed by atoms with Gasteiger partial charge in [0.25, 0.3) is 0 Å². The van der Waals surface area contributed by atoms with Gasteiger partial charge in [-0.05, 0) is 31.7 Å². The smallest absolute Gasteiger partial charge is 0.0462 e. The van der Waals surface area contributed by atoms with Crippen molar-refractivity contribution in [2.75, 3.05) is 33.4 Å². The van der Waals surface area contributed by atoms with E-state index in [9.17, 15) is 0 Å². The first-order valence-electron chi connectivity index (χ1n) is 5.69.